The van der Waals surface area contributed by atoms with E-state index in [-0.39, 0.29) is 6.54 Å². The molecule has 1 unspecified atom stereocenters. The predicted octanol–water partition coefficient (Wildman–Crippen LogP) is -1.08. The number of alkyl halides is 2. The van der Waals surface area contributed by atoms with Crippen molar-refractivity contribution in [3.8, 4) is 0 Å². The van der Waals surface area contributed by atoms with E-state index in [2.05, 4.69) is 0 Å². The molecule has 0 aromatic carbocycles. The number of piperidine rings is 1. The molecular formula is C5H11F2N2+. The van der Waals surface area contributed by atoms with Crippen LogP contribution >= 0.6 is 0 Å². The molecule has 1 saturated heterocycles. The summed E-state index contributed by atoms with van der Waals surface area (Å²) in [6.07, 6.45) is 0.424. The lowest BCUT2D eigenvalue weighted by atomic mass is 10.0. The average Bonchev–Trinajstić information content (AvgIpc) is 1.77. The lowest BCUT2D eigenvalue weighted by Crippen LogP contribution is -2.91. The van der Waals surface area contributed by atoms with Gasteiger partial charge in [0.2, 0.25) is 0 Å². The maximum Gasteiger partial charge on any atom is 0.310 e. The monoisotopic (exact) mass is 137 g/mol. The zero-order chi connectivity index (χ0) is 6.91. The van der Waals surface area contributed by atoms with Crippen molar-refractivity contribution < 1.29 is 14.1 Å². The van der Waals surface area contributed by atoms with Crippen molar-refractivity contribution in [1.82, 2.24) is 0 Å². The quantitative estimate of drug-likeness (QED) is 0.438. The summed E-state index contributed by atoms with van der Waals surface area (Å²) in [6, 6.07) is -0.914. The van der Waals surface area contributed by atoms with Crippen molar-refractivity contribution in [3.05, 3.63) is 0 Å². The molecule has 0 bridgehead atoms. The van der Waals surface area contributed by atoms with Gasteiger partial charge in [0.25, 0.3) is 0 Å². The zero-order valence-corrected chi connectivity index (χ0v) is 5.11. The van der Waals surface area contributed by atoms with Gasteiger partial charge in [-0.3, -0.25) is 0 Å². The van der Waals surface area contributed by atoms with E-state index in [1.807, 2.05) is 0 Å². The van der Waals surface area contributed by atoms with Crippen LogP contribution in [0.2, 0.25) is 0 Å². The summed E-state index contributed by atoms with van der Waals surface area (Å²) in [7, 11) is 0. The summed E-state index contributed by atoms with van der Waals surface area (Å²) in [5.41, 5.74) is 5.14. The van der Waals surface area contributed by atoms with E-state index in [4.69, 9.17) is 5.73 Å². The Hall–Kier alpha value is -0.220. The number of nitrogens with two attached hydrogens (primary N) is 2. The Bertz CT molecular complexity index is 105. The fourth-order valence-electron chi connectivity index (χ4n) is 0.954. The molecule has 1 aliphatic rings. The second-order valence-corrected chi connectivity index (χ2v) is 2.44. The number of halogens is 2. The van der Waals surface area contributed by atoms with Crippen LogP contribution < -0.4 is 11.1 Å². The predicted molar refractivity (Wildman–Crippen MR) is 29.2 cm³/mol. The SMILES string of the molecule is NC1CC[NH2+]CC1(F)F. The topological polar surface area (TPSA) is 42.6 Å². The zero-order valence-electron chi connectivity index (χ0n) is 5.11. The second kappa shape index (κ2) is 2.19. The number of rotatable bonds is 0. The minimum absolute atomic E-state index is 0.145. The molecule has 54 valence electrons. The summed E-state index contributed by atoms with van der Waals surface area (Å²) >= 11 is 0. The molecule has 0 aliphatic carbocycles. The molecule has 0 aromatic rings. The van der Waals surface area contributed by atoms with Crippen molar-refractivity contribution in [2.75, 3.05) is 13.1 Å². The summed E-state index contributed by atoms with van der Waals surface area (Å²) in [5, 5.41) is 1.60. The van der Waals surface area contributed by atoms with Crippen LogP contribution in [0.3, 0.4) is 0 Å². The van der Waals surface area contributed by atoms with Gasteiger partial charge in [0.05, 0.1) is 12.6 Å². The lowest BCUT2D eigenvalue weighted by molar-refractivity contribution is -0.681. The molecule has 2 nitrogen and oxygen atoms in total. The molecule has 1 atom stereocenters. The van der Waals surface area contributed by atoms with Crippen molar-refractivity contribution >= 4 is 0 Å². The minimum Gasteiger partial charge on any atom is -0.341 e. The largest absolute Gasteiger partial charge is 0.341 e. The molecule has 1 aliphatic heterocycles. The Morgan fingerprint density at radius 1 is 1.56 bits per heavy atom. The first kappa shape index (κ1) is 6.89. The highest BCUT2D eigenvalue weighted by Gasteiger charge is 2.41. The van der Waals surface area contributed by atoms with Gasteiger partial charge < -0.3 is 11.1 Å². The third kappa shape index (κ3) is 1.37. The third-order valence-electron chi connectivity index (χ3n) is 1.64. The highest BCUT2D eigenvalue weighted by Crippen LogP contribution is 2.17. The van der Waals surface area contributed by atoms with Crippen LogP contribution in [0.5, 0.6) is 0 Å². The highest BCUT2D eigenvalue weighted by atomic mass is 19.3. The summed E-state index contributed by atoms with van der Waals surface area (Å²) < 4.78 is 24.9. The molecule has 0 amide bonds. The molecule has 1 fully saturated rings. The van der Waals surface area contributed by atoms with Gasteiger partial charge in [0.15, 0.2) is 0 Å². The van der Waals surface area contributed by atoms with Gasteiger partial charge in [0.1, 0.15) is 6.54 Å². The van der Waals surface area contributed by atoms with Crippen molar-refractivity contribution in [3.63, 3.8) is 0 Å². The van der Waals surface area contributed by atoms with E-state index >= 15 is 0 Å². The Kier molecular flexibility index (Phi) is 1.68. The van der Waals surface area contributed by atoms with Crippen LogP contribution in [0, 0.1) is 0 Å². The van der Waals surface area contributed by atoms with Gasteiger partial charge in [0, 0.05) is 6.42 Å². The summed E-state index contributed by atoms with van der Waals surface area (Å²) in [5.74, 6) is -2.64. The highest BCUT2D eigenvalue weighted by molar-refractivity contribution is 4.80. The third-order valence-corrected chi connectivity index (χ3v) is 1.64. The van der Waals surface area contributed by atoms with Crippen LogP contribution in [-0.2, 0) is 0 Å². The summed E-state index contributed by atoms with van der Waals surface area (Å²) in [4.78, 5) is 0. The van der Waals surface area contributed by atoms with Crippen LogP contribution in [0.4, 0.5) is 8.78 Å². The molecule has 4 heteroatoms. The molecule has 1 heterocycles. The van der Waals surface area contributed by atoms with Gasteiger partial charge >= 0.3 is 5.92 Å². The van der Waals surface area contributed by atoms with Crippen LogP contribution in [0.25, 0.3) is 0 Å². The maximum atomic E-state index is 12.4. The van der Waals surface area contributed by atoms with Crippen LogP contribution in [0.1, 0.15) is 6.42 Å². The number of hydrogen-bond donors (Lipinski definition) is 2. The molecule has 4 N–H and O–H groups in total. The Morgan fingerprint density at radius 2 is 2.22 bits per heavy atom. The molecule has 1 rings (SSSR count). The standard InChI is InChI=1S/C5H10F2N2/c6-5(7)3-9-2-1-4(5)8/h4,9H,1-3,8H2/p+1. The van der Waals surface area contributed by atoms with Gasteiger partial charge in [-0.15, -0.1) is 0 Å². The van der Waals surface area contributed by atoms with E-state index in [0.29, 0.717) is 6.42 Å². The molecule has 0 radical (unpaired) electrons. The first-order valence-electron chi connectivity index (χ1n) is 3.08. The van der Waals surface area contributed by atoms with E-state index < -0.39 is 12.0 Å². The minimum atomic E-state index is -2.64. The molecule has 0 aromatic heterocycles. The molecular weight excluding hydrogens is 126 g/mol. The van der Waals surface area contributed by atoms with Gasteiger partial charge in [-0.25, -0.2) is 0 Å². The maximum absolute atomic E-state index is 12.4. The number of hydrogen-bond acceptors (Lipinski definition) is 1. The fraction of sp³-hybridized carbons (Fsp3) is 1.00. The van der Waals surface area contributed by atoms with E-state index in [0.717, 1.165) is 6.54 Å². The Morgan fingerprint density at radius 3 is 2.56 bits per heavy atom. The molecule has 0 saturated carbocycles. The van der Waals surface area contributed by atoms with E-state index in [1.54, 1.807) is 5.32 Å². The van der Waals surface area contributed by atoms with Gasteiger partial charge in [-0.1, -0.05) is 0 Å². The Balaban J connectivity index is 2.49. The van der Waals surface area contributed by atoms with Gasteiger partial charge in [-0.2, -0.15) is 8.78 Å². The normalized spacial score (nSPS) is 34.3. The lowest BCUT2D eigenvalue weighted by Gasteiger charge is -2.25. The molecule has 0 spiro atoms. The van der Waals surface area contributed by atoms with E-state index in [9.17, 15) is 8.78 Å². The van der Waals surface area contributed by atoms with E-state index in [1.165, 1.54) is 0 Å². The van der Waals surface area contributed by atoms with Gasteiger partial charge in [-0.05, 0) is 0 Å². The Labute approximate surface area is 52.4 Å². The molecule has 9 heavy (non-hydrogen) atoms. The van der Waals surface area contributed by atoms with Crippen molar-refractivity contribution in [1.29, 1.82) is 0 Å². The van der Waals surface area contributed by atoms with Crippen molar-refractivity contribution in [2.45, 2.75) is 18.4 Å². The van der Waals surface area contributed by atoms with Crippen LogP contribution in [-0.4, -0.2) is 25.1 Å². The van der Waals surface area contributed by atoms with Crippen LogP contribution in [0.15, 0.2) is 0 Å². The number of quaternary nitrogens is 1. The first-order chi connectivity index (χ1) is 4.13. The van der Waals surface area contributed by atoms with Crippen molar-refractivity contribution in [2.24, 2.45) is 5.73 Å². The fourth-order valence-corrected chi connectivity index (χ4v) is 0.954. The smallest absolute Gasteiger partial charge is 0.310 e. The second-order valence-electron chi connectivity index (χ2n) is 2.44. The summed E-state index contributed by atoms with van der Waals surface area (Å²) in [6.45, 7) is 0.588. The average molecular weight is 137 g/mol. The first-order valence-corrected chi connectivity index (χ1v) is 3.08.